The third-order valence-electron chi connectivity index (χ3n) is 6.79. The highest BCUT2D eigenvalue weighted by Crippen LogP contribution is 2.25. The molecule has 4 rings (SSSR count). The lowest BCUT2D eigenvalue weighted by Gasteiger charge is -2.38. The first kappa shape index (κ1) is 26.4. The predicted molar refractivity (Wildman–Crippen MR) is 148 cm³/mol. The fourth-order valence-electron chi connectivity index (χ4n) is 4.84. The molecule has 6 heteroatoms. The first-order valence-electron chi connectivity index (χ1n) is 13.1. The summed E-state index contributed by atoms with van der Waals surface area (Å²) in [6.45, 7) is 7.66. The standard InChI is InChI=1S/C31H37N3O3/c1-25(2)21-29(22-34(24-35)37-23-26-9-5-3-6-10-26)31(36)33-19-17-32(18-20-33)30-15-13-28(14-16-30)27-11-7-4-8-12-27/h3-16,24-25,29H,17-23H2,1-2H3/t29-/m1/s1. The third kappa shape index (κ3) is 7.43. The molecule has 0 aliphatic carbocycles. The summed E-state index contributed by atoms with van der Waals surface area (Å²) in [5.41, 5.74) is 4.56. The number of benzene rings is 3. The first-order chi connectivity index (χ1) is 18.0. The summed E-state index contributed by atoms with van der Waals surface area (Å²) in [5.74, 6) is 0.140. The quantitative estimate of drug-likeness (QED) is 0.267. The van der Waals surface area contributed by atoms with Gasteiger partial charge in [-0.3, -0.25) is 14.4 Å². The molecule has 0 spiro atoms. The molecule has 0 aromatic heterocycles. The lowest BCUT2D eigenvalue weighted by atomic mass is 9.95. The van der Waals surface area contributed by atoms with Crippen molar-refractivity contribution in [3.63, 3.8) is 0 Å². The summed E-state index contributed by atoms with van der Waals surface area (Å²) < 4.78 is 0. The van der Waals surface area contributed by atoms with Crippen LogP contribution in [-0.2, 0) is 21.0 Å². The molecule has 0 N–H and O–H groups in total. The van der Waals surface area contributed by atoms with E-state index in [0.717, 1.165) is 18.7 Å². The number of anilines is 1. The summed E-state index contributed by atoms with van der Waals surface area (Å²) in [6.07, 6.45) is 1.39. The second-order valence-corrected chi connectivity index (χ2v) is 10.0. The molecule has 6 nitrogen and oxygen atoms in total. The van der Waals surface area contributed by atoms with Gasteiger partial charge < -0.3 is 9.80 Å². The first-order valence-corrected chi connectivity index (χ1v) is 13.1. The topological polar surface area (TPSA) is 53.1 Å². The Morgan fingerprint density at radius 3 is 2.05 bits per heavy atom. The molecule has 0 radical (unpaired) electrons. The molecule has 0 saturated carbocycles. The summed E-state index contributed by atoms with van der Waals surface area (Å²) in [7, 11) is 0. The Balaban J connectivity index is 1.33. The van der Waals surface area contributed by atoms with E-state index in [-0.39, 0.29) is 18.4 Å². The Kier molecular flexibility index (Phi) is 9.33. The number of hydrogen-bond acceptors (Lipinski definition) is 4. The molecule has 194 valence electrons. The van der Waals surface area contributed by atoms with Gasteiger partial charge in [-0.1, -0.05) is 86.6 Å². The number of hydrogen-bond donors (Lipinski definition) is 0. The van der Waals surface area contributed by atoms with Crippen LogP contribution in [0.1, 0.15) is 25.8 Å². The fraction of sp³-hybridized carbons (Fsp3) is 0.355. The van der Waals surface area contributed by atoms with Crippen molar-refractivity contribution in [3.8, 4) is 11.1 Å². The Labute approximate surface area is 220 Å². The van der Waals surface area contributed by atoms with Gasteiger partial charge in [0.25, 0.3) is 0 Å². The summed E-state index contributed by atoms with van der Waals surface area (Å²) in [6, 6.07) is 28.7. The molecule has 3 aromatic rings. The highest BCUT2D eigenvalue weighted by molar-refractivity contribution is 5.79. The van der Waals surface area contributed by atoms with Crippen LogP contribution in [0.3, 0.4) is 0 Å². The molecule has 3 aromatic carbocycles. The van der Waals surface area contributed by atoms with Crippen LogP contribution in [0.4, 0.5) is 5.69 Å². The van der Waals surface area contributed by atoms with Crippen molar-refractivity contribution < 1.29 is 14.4 Å². The van der Waals surface area contributed by atoms with Crippen LogP contribution in [0.2, 0.25) is 0 Å². The fourth-order valence-corrected chi connectivity index (χ4v) is 4.84. The highest BCUT2D eigenvalue weighted by Gasteiger charge is 2.30. The highest BCUT2D eigenvalue weighted by atomic mass is 16.7. The molecule has 1 atom stereocenters. The monoisotopic (exact) mass is 499 g/mol. The molecule has 37 heavy (non-hydrogen) atoms. The number of rotatable bonds is 11. The van der Waals surface area contributed by atoms with Crippen LogP contribution in [0, 0.1) is 11.8 Å². The lowest BCUT2D eigenvalue weighted by molar-refractivity contribution is -0.183. The van der Waals surface area contributed by atoms with E-state index in [4.69, 9.17) is 4.84 Å². The van der Waals surface area contributed by atoms with Crippen LogP contribution in [-0.4, -0.2) is 55.0 Å². The average molecular weight is 500 g/mol. The molecule has 1 saturated heterocycles. The van der Waals surface area contributed by atoms with Gasteiger partial charge in [0, 0.05) is 31.9 Å². The zero-order chi connectivity index (χ0) is 26.0. The van der Waals surface area contributed by atoms with E-state index < -0.39 is 0 Å². The maximum Gasteiger partial charge on any atom is 0.233 e. The Bertz CT molecular complexity index is 1110. The number of piperazine rings is 1. The normalized spacial score (nSPS) is 14.5. The van der Waals surface area contributed by atoms with Gasteiger partial charge in [-0.2, -0.15) is 0 Å². The SMILES string of the molecule is CC(C)C[C@H](CN(C=O)OCc1ccccc1)C(=O)N1CCN(c2ccc(-c3ccccc3)cc2)CC1. The molecule has 0 bridgehead atoms. The second-order valence-electron chi connectivity index (χ2n) is 10.0. The van der Waals surface area contributed by atoms with Crippen molar-refractivity contribution in [2.24, 2.45) is 11.8 Å². The Morgan fingerprint density at radius 2 is 1.46 bits per heavy atom. The van der Waals surface area contributed by atoms with Gasteiger partial charge >= 0.3 is 0 Å². The number of hydroxylamine groups is 2. The third-order valence-corrected chi connectivity index (χ3v) is 6.79. The lowest BCUT2D eigenvalue weighted by Crippen LogP contribution is -2.51. The number of nitrogens with zero attached hydrogens (tertiary/aromatic N) is 3. The van der Waals surface area contributed by atoms with Crippen molar-refractivity contribution in [3.05, 3.63) is 90.5 Å². The van der Waals surface area contributed by atoms with Crippen LogP contribution in [0.25, 0.3) is 11.1 Å². The minimum atomic E-state index is -0.294. The largest absolute Gasteiger partial charge is 0.368 e. The van der Waals surface area contributed by atoms with Crippen molar-refractivity contribution in [1.82, 2.24) is 9.96 Å². The van der Waals surface area contributed by atoms with E-state index in [2.05, 4.69) is 67.3 Å². The van der Waals surface area contributed by atoms with Crippen molar-refractivity contribution in [2.75, 3.05) is 37.6 Å². The van der Waals surface area contributed by atoms with E-state index in [0.29, 0.717) is 38.4 Å². The minimum absolute atomic E-state index is 0.0999. The van der Waals surface area contributed by atoms with Crippen LogP contribution in [0.15, 0.2) is 84.9 Å². The zero-order valence-corrected chi connectivity index (χ0v) is 21.8. The summed E-state index contributed by atoms with van der Waals surface area (Å²) in [5, 5.41) is 1.28. The molecule has 1 fully saturated rings. The predicted octanol–water partition coefficient (Wildman–Crippen LogP) is 5.25. The zero-order valence-electron chi connectivity index (χ0n) is 21.8. The van der Waals surface area contributed by atoms with Gasteiger partial charge in [0.2, 0.25) is 12.3 Å². The number of carbonyl (C=O) groups excluding carboxylic acids is 2. The van der Waals surface area contributed by atoms with Gasteiger partial charge in [0.05, 0.1) is 12.5 Å². The van der Waals surface area contributed by atoms with Gasteiger partial charge in [0.1, 0.15) is 6.61 Å². The van der Waals surface area contributed by atoms with Gasteiger partial charge in [-0.15, -0.1) is 0 Å². The Hall–Kier alpha value is -3.64. The Morgan fingerprint density at radius 1 is 0.865 bits per heavy atom. The van der Waals surface area contributed by atoms with Crippen molar-refractivity contribution in [2.45, 2.75) is 26.9 Å². The van der Waals surface area contributed by atoms with Gasteiger partial charge in [0.15, 0.2) is 0 Å². The van der Waals surface area contributed by atoms with Crippen molar-refractivity contribution >= 4 is 18.0 Å². The molecule has 0 unspecified atom stereocenters. The summed E-state index contributed by atoms with van der Waals surface area (Å²) in [4.78, 5) is 35.2. The van der Waals surface area contributed by atoms with E-state index >= 15 is 0 Å². The van der Waals surface area contributed by atoms with E-state index in [1.807, 2.05) is 41.3 Å². The van der Waals surface area contributed by atoms with E-state index in [1.165, 1.54) is 21.9 Å². The molecule has 1 aliphatic rings. The average Bonchev–Trinajstić information content (AvgIpc) is 2.95. The van der Waals surface area contributed by atoms with Crippen molar-refractivity contribution in [1.29, 1.82) is 0 Å². The van der Waals surface area contributed by atoms with E-state index in [1.54, 1.807) is 0 Å². The maximum atomic E-state index is 13.5. The van der Waals surface area contributed by atoms with Crippen LogP contribution in [0.5, 0.6) is 0 Å². The molecular formula is C31H37N3O3. The second kappa shape index (κ2) is 13.1. The maximum absolute atomic E-state index is 13.5. The number of amides is 2. The van der Waals surface area contributed by atoms with Gasteiger partial charge in [-0.05, 0) is 41.2 Å². The smallest absolute Gasteiger partial charge is 0.233 e. The summed E-state index contributed by atoms with van der Waals surface area (Å²) >= 11 is 0. The number of carbonyl (C=O) groups is 2. The van der Waals surface area contributed by atoms with Crippen LogP contribution < -0.4 is 4.90 Å². The molecule has 2 amide bonds. The molecule has 1 heterocycles. The minimum Gasteiger partial charge on any atom is -0.368 e. The molecular weight excluding hydrogens is 462 g/mol. The van der Waals surface area contributed by atoms with E-state index in [9.17, 15) is 9.59 Å². The molecule has 1 aliphatic heterocycles. The van der Waals surface area contributed by atoms with Gasteiger partial charge in [-0.25, -0.2) is 5.06 Å². The van der Waals surface area contributed by atoms with Crippen LogP contribution >= 0.6 is 0 Å².